The molecule has 1 aromatic carbocycles. The van der Waals surface area contributed by atoms with Crippen LogP contribution in [0, 0.1) is 5.41 Å². The van der Waals surface area contributed by atoms with Crippen molar-refractivity contribution in [1.29, 1.82) is 0 Å². The standard InChI is InChI=1S/C16H23N3O/c1-16(2,3)15(20-4)14(19-17)12-7-5-9-13-11(12)8-6-10-18-13/h5-10,14-15,19H,17H2,1-4H3. The van der Waals surface area contributed by atoms with E-state index in [9.17, 15) is 0 Å². The van der Waals surface area contributed by atoms with Crippen LogP contribution in [0.1, 0.15) is 32.4 Å². The maximum atomic E-state index is 5.82. The number of pyridine rings is 1. The van der Waals surface area contributed by atoms with Gasteiger partial charge in [-0.25, -0.2) is 0 Å². The predicted molar refractivity (Wildman–Crippen MR) is 82.1 cm³/mol. The summed E-state index contributed by atoms with van der Waals surface area (Å²) < 4.78 is 5.71. The molecule has 1 heterocycles. The molecule has 0 saturated carbocycles. The Morgan fingerprint density at radius 1 is 1.20 bits per heavy atom. The highest BCUT2D eigenvalue weighted by atomic mass is 16.5. The molecule has 108 valence electrons. The minimum absolute atomic E-state index is 0.0316. The minimum atomic E-state index is -0.0899. The molecule has 4 heteroatoms. The SMILES string of the molecule is COC(C(NN)c1cccc2ncccc12)C(C)(C)C. The normalized spacial score (nSPS) is 15.2. The zero-order valence-electron chi connectivity index (χ0n) is 12.6. The first-order chi connectivity index (χ1) is 9.49. The number of methoxy groups -OCH3 is 1. The van der Waals surface area contributed by atoms with Crippen LogP contribution in [0.25, 0.3) is 10.9 Å². The second kappa shape index (κ2) is 5.87. The molecule has 2 unspecified atom stereocenters. The highest BCUT2D eigenvalue weighted by Crippen LogP contribution is 2.34. The number of benzene rings is 1. The van der Waals surface area contributed by atoms with Crippen molar-refractivity contribution in [3.05, 3.63) is 42.1 Å². The Balaban J connectivity index is 2.54. The fourth-order valence-electron chi connectivity index (χ4n) is 2.73. The first-order valence-corrected chi connectivity index (χ1v) is 6.81. The molecule has 0 spiro atoms. The molecule has 20 heavy (non-hydrogen) atoms. The van der Waals surface area contributed by atoms with Gasteiger partial charge in [-0.15, -0.1) is 0 Å². The summed E-state index contributed by atoms with van der Waals surface area (Å²) in [5.41, 5.74) is 4.96. The first kappa shape index (κ1) is 14.9. The lowest BCUT2D eigenvalue weighted by atomic mass is 9.81. The van der Waals surface area contributed by atoms with E-state index in [1.807, 2.05) is 18.2 Å². The molecule has 0 bridgehead atoms. The van der Waals surface area contributed by atoms with E-state index in [-0.39, 0.29) is 17.6 Å². The summed E-state index contributed by atoms with van der Waals surface area (Å²) in [6.07, 6.45) is 1.76. The van der Waals surface area contributed by atoms with Crippen LogP contribution in [0.3, 0.4) is 0 Å². The number of rotatable bonds is 4. The van der Waals surface area contributed by atoms with Crippen LogP contribution in [-0.2, 0) is 4.74 Å². The molecule has 0 saturated heterocycles. The van der Waals surface area contributed by atoms with Gasteiger partial charge in [-0.3, -0.25) is 16.3 Å². The van der Waals surface area contributed by atoms with Crippen molar-refractivity contribution in [3.8, 4) is 0 Å². The van der Waals surface area contributed by atoms with Gasteiger partial charge in [0.05, 0.1) is 17.7 Å². The lowest BCUT2D eigenvalue weighted by molar-refractivity contribution is -0.0116. The Labute approximate surface area is 120 Å². The summed E-state index contributed by atoms with van der Waals surface area (Å²) in [4.78, 5) is 4.40. The summed E-state index contributed by atoms with van der Waals surface area (Å²) in [6, 6.07) is 10.0. The number of hydrogen-bond acceptors (Lipinski definition) is 4. The van der Waals surface area contributed by atoms with Crippen LogP contribution in [0.4, 0.5) is 0 Å². The molecule has 0 aliphatic heterocycles. The van der Waals surface area contributed by atoms with Gasteiger partial charge in [0.15, 0.2) is 0 Å². The van der Waals surface area contributed by atoms with Gasteiger partial charge in [-0.05, 0) is 23.1 Å². The van der Waals surface area contributed by atoms with E-state index < -0.39 is 0 Å². The van der Waals surface area contributed by atoms with E-state index >= 15 is 0 Å². The van der Waals surface area contributed by atoms with E-state index in [2.05, 4.69) is 43.3 Å². The molecule has 2 aromatic rings. The monoisotopic (exact) mass is 273 g/mol. The fraction of sp³-hybridized carbons (Fsp3) is 0.438. The average molecular weight is 273 g/mol. The Morgan fingerprint density at radius 2 is 1.95 bits per heavy atom. The molecular weight excluding hydrogens is 250 g/mol. The third-order valence-electron chi connectivity index (χ3n) is 3.60. The van der Waals surface area contributed by atoms with Crippen molar-refractivity contribution in [2.75, 3.05) is 7.11 Å². The number of hydrogen-bond donors (Lipinski definition) is 2. The van der Waals surface area contributed by atoms with E-state index in [0.29, 0.717) is 0 Å². The van der Waals surface area contributed by atoms with Crippen LogP contribution >= 0.6 is 0 Å². The highest BCUT2D eigenvalue weighted by molar-refractivity contribution is 5.82. The summed E-state index contributed by atoms with van der Waals surface area (Å²) in [5.74, 6) is 5.82. The molecule has 0 amide bonds. The van der Waals surface area contributed by atoms with Crippen molar-refractivity contribution in [1.82, 2.24) is 10.4 Å². The molecule has 2 rings (SSSR count). The lowest BCUT2D eigenvalue weighted by Crippen LogP contribution is -2.44. The third kappa shape index (κ3) is 2.82. The van der Waals surface area contributed by atoms with E-state index in [4.69, 9.17) is 10.6 Å². The van der Waals surface area contributed by atoms with Gasteiger partial charge in [-0.2, -0.15) is 0 Å². The van der Waals surface area contributed by atoms with Gasteiger partial charge in [0.2, 0.25) is 0 Å². The molecule has 1 aromatic heterocycles. The van der Waals surface area contributed by atoms with Crippen molar-refractivity contribution in [3.63, 3.8) is 0 Å². The zero-order valence-corrected chi connectivity index (χ0v) is 12.6. The zero-order chi connectivity index (χ0) is 14.8. The Hall–Kier alpha value is -1.49. The van der Waals surface area contributed by atoms with Crippen molar-refractivity contribution in [2.24, 2.45) is 11.3 Å². The molecule has 4 nitrogen and oxygen atoms in total. The van der Waals surface area contributed by atoms with Gasteiger partial charge in [0.25, 0.3) is 0 Å². The second-order valence-electron chi connectivity index (χ2n) is 6.08. The second-order valence-corrected chi connectivity index (χ2v) is 6.08. The number of fused-ring (bicyclic) bond motifs is 1. The number of nitrogens with zero attached hydrogens (tertiary/aromatic N) is 1. The quantitative estimate of drug-likeness (QED) is 0.664. The Morgan fingerprint density at radius 3 is 2.55 bits per heavy atom. The van der Waals surface area contributed by atoms with Gasteiger partial charge >= 0.3 is 0 Å². The van der Waals surface area contributed by atoms with E-state index in [1.54, 1.807) is 13.3 Å². The van der Waals surface area contributed by atoms with Crippen LogP contribution < -0.4 is 11.3 Å². The number of ether oxygens (including phenoxy) is 1. The third-order valence-corrected chi connectivity index (χ3v) is 3.60. The molecule has 0 radical (unpaired) electrons. The molecule has 2 atom stereocenters. The van der Waals surface area contributed by atoms with Crippen LogP contribution in [-0.4, -0.2) is 18.2 Å². The minimum Gasteiger partial charge on any atom is -0.379 e. The molecular formula is C16H23N3O. The van der Waals surface area contributed by atoms with Gasteiger partial charge in [-0.1, -0.05) is 39.0 Å². The molecule has 3 N–H and O–H groups in total. The number of nitrogens with one attached hydrogen (secondary N) is 1. The van der Waals surface area contributed by atoms with E-state index in [1.165, 1.54) is 0 Å². The molecule has 0 fully saturated rings. The summed E-state index contributed by atoms with van der Waals surface area (Å²) in [7, 11) is 1.73. The van der Waals surface area contributed by atoms with Gasteiger partial charge in [0.1, 0.15) is 0 Å². The Kier molecular flexibility index (Phi) is 4.38. The molecule has 0 aliphatic carbocycles. The van der Waals surface area contributed by atoms with Crippen molar-refractivity contribution >= 4 is 10.9 Å². The largest absolute Gasteiger partial charge is 0.379 e. The fourth-order valence-corrected chi connectivity index (χ4v) is 2.73. The van der Waals surface area contributed by atoms with Crippen molar-refractivity contribution in [2.45, 2.75) is 32.9 Å². The maximum Gasteiger partial charge on any atom is 0.0827 e. The van der Waals surface area contributed by atoms with Crippen LogP contribution in [0.15, 0.2) is 36.5 Å². The average Bonchev–Trinajstić information content (AvgIpc) is 2.42. The lowest BCUT2D eigenvalue weighted by Gasteiger charge is -2.36. The van der Waals surface area contributed by atoms with Gasteiger partial charge < -0.3 is 4.74 Å². The first-order valence-electron chi connectivity index (χ1n) is 6.81. The highest BCUT2D eigenvalue weighted by Gasteiger charge is 2.33. The molecule has 0 aliphatic rings. The van der Waals surface area contributed by atoms with Crippen LogP contribution in [0.5, 0.6) is 0 Å². The maximum absolute atomic E-state index is 5.82. The predicted octanol–water partition coefficient (Wildman–Crippen LogP) is 2.80. The number of aromatic nitrogens is 1. The Bertz CT molecular complexity index is 572. The topological polar surface area (TPSA) is 60.2 Å². The summed E-state index contributed by atoms with van der Waals surface area (Å²) in [6.45, 7) is 6.44. The summed E-state index contributed by atoms with van der Waals surface area (Å²) >= 11 is 0. The summed E-state index contributed by atoms with van der Waals surface area (Å²) in [5, 5.41) is 1.10. The number of nitrogens with two attached hydrogens (primary N) is 1. The number of hydrazine groups is 1. The van der Waals surface area contributed by atoms with Crippen molar-refractivity contribution < 1.29 is 4.74 Å². The smallest absolute Gasteiger partial charge is 0.0827 e. The van der Waals surface area contributed by atoms with E-state index in [0.717, 1.165) is 16.5 Å². The van der Waals surface area contributed by atoms with Gasteiger partial charge in [0, 0.05) is 18.7 Å². The van der Waals surface area contributed by atoms with Crippen LogP contribution in [0.2, 0.25) is 0 Å².